The van der Waals surface area contributed by atoms with Crippen LogP contribution in [-0.4, -0.2) is 48.3 Å². The summed E-state index contributed by atoms with van der Waals surface area (Å²) in [7, 11) is 3.07. The van der Waals surface area contributed by atoms with Crippen LogP contribution >= 0.6 is 0 Å². The third kappa shape index (κ3) is 3.99. The molecule has 0 bridgehead atoms. The number of fused-ring (bicyclic) bond motifs is 1. The topological polar surface area (TPSA) is 91.9 Å². The molecule has 0 unspecified atom stereocenters. The summed E-state index contributed by atoms with van der Waals surface area (Å²) in [4.78, 5) is 29.6. The molecule has 3 rings (SSSR count). The number of aliphatic hydroxyl groups is 1. The molecule has 1 aromatic heterocycles. The van der Waals surface area contributed by atoms with Crippen molar-refractivity contribution < 1.29 is 19.4 Å². The number of aliphatic hydroxyl groups excluding tert-OH is 1. The molecule has 0 fully saturated rings. The van der Waals surface area contributed by atoms with Crippen molar-refractivity contribution >= 4 is 16.8 Å². The Hall–Kier alpha value is -3.32. The minimum Gasteiger partial charge on any atom is -0.493 e. The van der Waals surface area contributed by atoms with E-state index in [4.69, 9.17) is 9.47 Å². The van der Waals surface area contributed by atoms with E-state index < -0.39 is 0 Å². The molecule has 146 valence electrons. The number of methoxy groups -OCH3 is 2. The first-order valence-electron chi connectivity index (χ1n) is 8.80. The minimum atomic E-state index is -0.302. The molecule has 0 aliphatic heterocycles. The van der Waals surface area contributed by atoms with E-state index in [1.807, 2.05) is 6.07 Å². The predicted molar refractivity (Wildman–Crippen MR) is 106 cm³/mol. The highest BCUT2D eigenvalue weighted by Crippen LogP contribution is 2.31. The van der Waals surface area contributed by atoms with Gasteiger partial charge in [0.1, 0.15) is 0 Å². The number of aromatic amines is 1. The first-order valence-corrected chi connectivity index (χ1v) is 8.80. The predicted octanol–water partition coefficient (Wildman–Crippen LogP) is 2.18. The zero-order chi connectivity index (χ0) is 20.1. The van der Waals surface area contributed by atoms with E-state index in [9.17, 15) is 14.7 Å². The number of H-pyrrole nitrogens is 1. The number of pyridine rings is 1. The van der Waals surface area contributed by atoms with Crippen LogP contribution < -0.4 is 15.0 Å². The quantitative estimate of drug-likeness (QED) is 0.654. The number of carbonyl (C=O) groups excluding carboxylic acids is 1. The highest BCUT2D eigenvalue weighted by atomic mass is 16.5. The van der Waals surface area contributed by atoms with E-state index >= 15 is 0 Å². The van der Waals surface area contributed by atoms with E-state index in [-0.39, 0.29) is 31.2 Å². The SMILES string of the molecule is COc1cc2cc(CN(CCO)C(=O)c3ccccc3)c(=O)[nH]c2cc1OC. The lowest BCUT2D eigenvalue weighted by Crippen LogP contribution is -2.35. The van der Waals surface area contributed by atoms with Gasteiger partial charge in [-0.1, -0.05) is 18.2 Å². The highest BCUT2D eigenvalue weighted by molar-refractivity contribution is 5.94. The summed E-state index contributed by atoms with van der Waals surface area (Å²) in [6, 6.07) is 14.0. The Morgan fingerprint density at radius 2 is 1.75 bits per heavy atom. The smallest absolute Gasteiger partial charge is 0.254 e. The van der Waals surface area contributed by atoms with E-state index in [0.717, 1.165) is 5.39 Å². The van der Waals surface area contributed by atoms with E-state index in [1.54, 1.807) is 42.5 Å². The first kappa shape index (κ1) is 19.4. The van der Waals surface area contributed by atoms with Crippen molar-refractivity contribution in [1.82, 2.24) is 9.88 Å². The van der Waals surface area contributed by atoms with Crippen LogP contribution in [0.25, 0.3) is 10.9 Å². The molecule has 7 nitrogen and oxygen atoms in total. The fraction of sp³-hybridized carbons (Fsp3) is 0.238. The maximum atomic E-state index is 12.8. The number of aromatic nitrogens is 1. The lowest BCUT2D eigenvalue weighted by Gasteiger charge is -2.22. The van der Waals surface area contributed by atoms with Gasteiger partial charge in [0.05, 0.1) is 32.9 Å². The third-order valence-electron chi connectivity index (χ3n) is 4.46. The average molecular weight is 382 g/mol. The van der Waals surface area contributed by atoms with Crippen molar-refractivity contribution in [2.75, 3.05) is 27.4 Å². The van der Waals surface area contributed by atoms with E-state index in [1.165, 1.54) is 19.1 Å². The molecule has 3 aromatic rings. The largest absolute Gasteiger partial charge is 0.493 e. The Balaban J connectivity index is 1.97. The molecule has 2 N–H and O–H groups in total. The second-order valence-electron chi connectivity index (χ2n) is 6.23. The number of rotatable bonds is 7. The number of ether oxygens (including phenoxy) is 2. The van der Waals surface area contributed by atoms with Gasteiger partial charge < -0.3 is 24.5 Å². The van der Waals surface area contributed by atoms with Gasteiger partial charge in [-0.2, -0.15) is 0 Å². The van der Waals surface area contributed by atoms with Crippen LogP contribution in [0, 0.1) is 0 Å². The number of nitrogens with zero attached hydrogens (tertiary/aromatic N) is 1. The summed E-state index contributed by atoms with van der Waals surface area (Å²) in [6.07, 6.45) is 0. The summed E-state index contributed by atoms with van der Waals surface area (Å²) in [5.41, 5.74) is 1.22. The van der Waals surface area contributed by atoms with Crippen molar-refractivity contribution in [3.63, 3.8) is 0 Å². The van der Waals surface area contributed by atoms with Crippen LogP contribution in [0.5, 0.6) is 11.5 Å². The molecule has 0 spiro atoms. The molecule has 0 saturated heterocycles. The summed E-state index contributed by atoms with van der Waals surface area (Å²) >= 11 is 0. The summed E-state index contributed by atoms with van der Waals surface area (Å²) in [6.45, 7) is 0.000124. The lowest BCUT2D eigenvalue weighted by molar-refractivity contribution is 0.0707. The zero-order valence-electron chi connectivity index (χ0n) is 15.8. The summed E-state index contributed by atoms with van der Waals surface area (Å²) in [5.74, 6) is 0.807. The maximum absolute atomic E-state index is 12.8. The van der Waals surface area contributed by atoms with E-state index in [0.29, 0.717) is 28.1 Å². The molecule has 7 heteroatoms. The second-order valence-corrected chi connectivity index (χ2v) is 6.23. The molecule has 1 amide bonds. The summed E-state index contributed by atoms with van der Waals surface area (Å²) < 4.78 is 10.6. The number of carbonyl (C=O) groups is 1. The molecule has 1 heterocycles. The molecule has 0 saturated carbocycles. The van der Waals surface area contributed by atoms with Gasteiger partial charge in [-0.25, -0.2) is 0 Å². The monoisotopic (exact) mass is 382 g/mol. The Labute approximate surface area is 162 Å². The first-order chi connectivity index (χ1) is 13.6. The van der Waals surface area contributed by atoms with Crippen LogP contribution in [0.3, 0.4) is 0 Å². The van der Waals surface area contributed by atoms with Crippen LogP contribution in [0.4, 0.5) is 0 Å². The minimum absolute atomic E-state index is 0.0773. The van der Waals surface area contributed by atoms with Crippen molar-refractivity contribution in [1.29, 1.82) is 0 Å². The number of benzene rings is 2. The summed E-state index contributed by atoms with van der Waals surface area (Å²) in [5, 5.41) is 10.1. The molecule has 28 heavy (non-hydrogen) atoms. The van der Waals surface area contributed by atoms with Crippen molar-refractivity contribution in [3.8, 4) is 11.5 Å². The van der Waals surface area contributed by atoms with Gasteiger partial charge in [0.25, 0.3) is 11.5 Å². The van der Waals surface area contributed by atoms with E-state index in [2.05, 4.69) is 4.98 Å². The fourth-order valence-electron chi connectivity index (χ4n) is 3.04. The van der Waals surface area contributed by atoms with Gasteiger partial charge >= 0.3 is 0 Å². The van der Waals surface area contributed by atoms with Gasteiger partial charge in [0.15, 0.2) is 11.5 Å². The van der Waals surface area contributed by atoms with Crippen molar-refractivity contribution in [3.05, 3.63) is 70.0 Å². The lowest BCUT2D eigenvalue weighted by atomic mass is 10.1. The van der Waals surface area contributed by atoms with Gasteiger partial charge in [0.2, 0.25) is 0 Å². The van der Waals surface area contributed by atoms with Crippen LogP contribution in [-0.2, 0) is 6.54 Å². The average Bonchev–Trinajstić information content (AvgIpc) is 2.73. The zero-order valence-corrected chi connectivity index (χ0v) is 15.8. The fourth-order valence-corrected chi connectivity index (χ4v) is 3.04. The Morgan fingerprint density at radius 1 is 1.07 bits per heavy atom. The van der Waals surface area contributed by atoms with Crippen LogP contribution in [0.15, 0.2) is 53.3 Å². The number of nitrogens with one attached hydrogen (secondary N) is 1. The Kier molecular flexibility index (Phi) is 5.96. The molecule has 2 aromatic carbocycles. The molecule has 0 aliphatic carbocycles. The Bertz CT molecular complexity index is 1030. The molecule has 0 aliphatic rings. The van der Waals surface area contributed by atoms with Crippen molar-refractivity contribution in [2.45, 2.75) is 6.54 Å². The third-order valence-corrected chi connectivity index (χ3v) is 4.46. The van der Waals surface area contributed by atoms with Gasteiger partial charge in [-0.05, 0) is 24.3 Å². The maximum Gasteiger partial charge on any atom is 0.254 e. The van der Waals surface area contributed by atoms with Crippen LogP contribution in [0.1, 0.15) is 15.9 Å². The molecule has 0 radical (unpaired) electrons. The number of amides is 1. The van der Waals surface area contributed by atoms with Gasteiger partial charge in [-0.15, -0.1) is 0 Å². The molecule has 0 atom stereocenters. The number of hydrogen-bond donors (Lipinski definition) is 2. The van der Waals surface area contributed by atoms with Crippen molar-refractivity contribution in [2.24, 2.45) is 0 Å². The standard InChI is InChI=1S/C21H22N2O5/c1-27-18-11-15-10-16(20(25)22-17(15)12-19(18)28-2)13-23(8-9-24)21(26)14-6-4-3-5-7-14/h3-7,10-12,24H,8-9,13H2,1-2H3,(H,22,25). The molecular weight excluding hydrogens is 360 g/mol. The Morgan fingerprint density at radius 3 is 2.39 bits per heavy atom. The van der Waals surface area contributed by atoms with Gasteiger partial charge in [0, 0.05) is 29.1 Å². The normalized spacial score (nSPS) is 10.7. The van der Waals surface area contributed by atoms with Crippen LogP contribution in [0.2, 0.25) is 0 Å². The highest BCUT2D eigenvalue weighted by Gasteiger charge is 2.18. The van der Waals surface area contributed by atoms with Gasteiger partial charge in [-0.3, -0.25) is 9.59 Å². The molecular formula is C21H22N2O5. The number of hydrogen-bond acceptors (Lipinski definition) is 5. The second kappa shape index (κ2) is 8.58.